The van der Waals surface area contributed by atoms with E-state index >= 15 is 0 Å². The molecule has 0 aliphatic rings. The summed E-state index contributed by atoms with van der Waals surface area (Å²) in [5.41, 5.74) is 1.04. The fraction of sp³-hybridized carbons (Fsp3) is 0. The van der Waals surface area contributed by atoms with Crippen LogP contribution >= 0.6 is 0 Å². The molecular weight excluding hydrogens is 362 g/mol. The maximum absolute atomic E-state index is 4.58. The van der Waals surface area contributed by atoms with Crippen LogP contribution < -0.4 is 0 Å². The molecule has 0 atom stereocenters. The van der Waals surface area contributed by atoms with E-state index in [2.05, 4.69) is 96.0 Å². The maximum atomic E-state index is 4.58. The highest BCUT2D eigenvalue weighted by Crippen LogP contribution is 2.37. The summed E-state index contributed by atoms with van der Waals surface area (Å²) in [5.74, 6) is 0. The van der Waals surface area contributed by atoms with Crippen LogP contribution in [0.5, 0.6) is 0 Å². The summed E-state index contributed by atoms with van der Waals surface area (Å²) in [5, 5.41) is 14.1. The smallest absolute Gasteiger partial charge is 0.0708 e. The van der Waals surface area contributed by atoms with Crippen LogP contribution in [0.25, 0.3) is 64.8 Å². The van der Waals surface area contributed by atoms with Gasteiger partial charge in [-0.2, -0.15) is 0 Å². The monoisotopic (exact) mass is 379 g/mol. The number of hydrogen-bond donors (Lipinski definition) is 0. The molecule has 0 unspecified atom stereocenters. The Morgan fingerprint density at radius 1 is 0.400 bits per heavy atom. The molecule has 0 saturated carbocycles. The number of benzene rings is 6. The molecule has 0 radical (unpaired) electrons. The molecule has 0 aliphatic carbocycles. The van der Waals surface area contributed by atoms with E-state index in [-0.39, 0.29) is 0 Å². The summed E-state index contributed by atoms with van der Waals surface area (Å²) in [6, 6.07) is 35.4. The Bertz CT molecular complexity index is 1660. The first-order valence-electron chi connectivity index (χ1n) is 10.3. The van der Waals surface area contributed by atoms with E-state index in [0.29, 0.717) is 0 Å². The van der Waals surface area contributed by atoms with E-state index in [1.807, 2.05) is 12.3 Å². The summed E-state index contributed by atoms with van der Waals surface area (Å²) in [4.78, 5) is 4.58. The van der Waals surface area contributed by atoms with Crippen molar-refractivity contribution in [2.75, 3.05) is 0 Å². The third kappa shape index (κ3) is 2.09. The Balaban J connectivity index is 1.72. The average molecular weight is 379 g/mol. The molecule has 7 aromatic rings. The summed E-state index contributed by atoms with van der Waals surface area (Å²) < 4.78 is 0. The highest BCUT2D eigenvalue weighted by atomic mass is 14.6. The van der Waals surface area contributed by atoms with Crippen molar-refractivity contribution in [3.05, 3.63) is 103 Å². The van der Waals surface area contributed by atoms with Crippen LogP contribution in [-0.2, 0) is 0 Å². The molecule has 138 valence electrons. The minimum absolute atomic E-state index is 1.04. The number of fused-ring (bicyclic) bond motifs is 10. The molecule has 0 N–H and O–H groups in total. The Kier molecular flexibility index (Phi) is 3.06. The lowest BCUT2D eigenvalue weighted by Gasteiger charge is -2.12. The van der Waals surface area contributed by atoms with Crippen molar-refractivity contribution >= 4 is 64.8 Å². The van der Waals surface area contributed by atoms with Gasteiger partial charge in [-0.25, -0.2) is 0 Å². The number of rotatable bonds is 0. The highest BCUT2D eigenvalue weighted by molar-refractivity contribution is 6.26. The molecule has 0 saturated heterocycles. The third-order valence-electron chi connectivity index (χ3n) is 6.42. The fourth-order valence-electron chi connectivity index (χ4n) is 5.04. The van der Waals surface area contributed by atoms with Crippen LogP contribution in [0.3, 0.4) is 0 Å². The second-order valence-corrected chi connectivity index (χ2v) is 8.04. The van der Waals surface area contributed by atoms with Gasteiger partial charge in [0.2, 0.25) is 0 Å². The van der Waals surface area contributed by atoms with Gasteiger partial charge in [0.1, 0.15) is 0 Å². The molecule has 0 bridgehead atoms. The Morgan fingerprint density at radius 3 is 1.73 bits per heavy atom. The molecule has 0 spiro atoms. The van der Waals surface area contributed by atoms with Crippen molar-refractivity contribution < 1.29 is 0 Å². The van der Waals surface area contributed by atoms with Gasteiger partial charge in [0.15, 0.2) is 0 Å². The van der Waals surface area contributed by atoms with Crippen LogP contribution in [0.2, 0.25) is 0 Å². The van der Waals surface area contributed by atoms with E-state index in [0.717, 1.165) is 5.52 Å². The maximum Gasteiger partial charge on any atom is 0.0708 e. The first-order chi connectivity index (χ1) is 14.9. The quantitative estimate of drug-likeness (QED) is 0.192. The van der Waals surface area contributed by atoms with Gasteiger partial charge in [-0.05, 0) is 78.1 Å². The molecule has 0 fully saturated rings. The van der Waals surface area contributed by atoms with Crippen LogP contribution in [0.1, 0.15) is 0 Å². The highest BCUT2D eigenvalue weighted by Gasteiger charge is 2.10. The van der Waals surface area contributed by atoms with Gasteiger partial charge in [-0.1, -0.05) is 72.8 Å². The molecule has 0 amide bonds. The molecule has 1 heteroatoms. The van der Waals surface area contributed by atoms with E-state index < -0.39 is 0 Å². The number of nitrogens with zero attached hydrogens (tertiary/aromatic N) is 1. The van der Waals surface area contributed by atoms with Crippen molar-refractivity contribution in [3.63, 3.8) is 0 Å². The number of aromatic nitrogens is 1. The average Bonchev–Trinajstić information content (AvgIpc) is 2.82. The third-order valence-corrected chi connectivity index (χ3v) is 6.42. The van der Waals surface area contributed by atoms with Crippen molar-refractivity contribution in [2.45, 2.75) is 0 Å². The summed E-state index contributed by atoms with van der Waals surface area (Å²) in [6.07, 6.45) is 1.87. The first kappa shape index (κ1) is 15.9. The van der Waals surface area contributed by atoms with E-state index in [1.165, 1.54) is 59.2 Å². The fourth-order valence-corrected chi connectivity index (χ4v) is 5.04. The lowest BCUT2D eigenvalue weighted by Crippen LogP contribution is -1.85. The second-order valence-electron chi connectivity index (χ2n) is 8.04. The van der Waals surface area contributed by atoms with Gasteiger partial charge >= 0.3 is 0 Å². The van der Waals surface area contributed by atoms with Gasteiger partial charge in [0, 0.05) is 11.6 Å². The van der Waals surface area contributed by atoms with Crippen molar-refractivity contribution in [2.24, 2.45) is 0 Å². The molecule has 7 rings (SSSR count). The predicted molar refractivity (Wildman–Crippen MR) is 129 cm³/mol. The molecule has 1 nitrogen and oxygen atoms in total. The predicted octanol–water partition coefficient (Wildman–Crippen LogP) is 8.00. The minimum atomic E-state index is 1.04. The van der Waals surface area contributed by atoms with Gasteiger partial charge < -0.3 is 0 Å². The van der Waals surface area contributed by atoms with Crippen LogP contribution in [0, 0.1) is 0 Å². The van der Waals surface area contributed by atoms with Crippen LogP contribution in [0.15, 0.2) is 103 Å². The van der Waals surface area contributed by atoms with Gasteiger partial charge in [-0.15, -0.1) is 0 Å². The molecule has 0 aliphatic heterocycles. The van der Waals surface area contributed by atoms with E-state index in [9.17, 15) is 0 Å². The van der Waals surface area contributed by atoms with Gasteiger partial charge in [0.05, 0.1) is 5.52 Å². The SMILES string of the molecule is c1ccc2c(c1)ccc1ccc3cc4c(ccc5ccc6ncccc6c54)cc3c12. The van der Waals surface area contributed by atoms with Crippen LogP contribution in [-0.4, -0.2) is 4.98 Å². The van der Waals surface area contributed by atoms with E-state index in [4.69, 9.17) is 0 Å². The zero-order valence-corrected chi connectivity index (χ0v) is 16.3. The molecule has 6 aromatic carbocycles. The lowest BCUT2D eigenvalue weighted by molar-refractivity contribution is 1.42. The standard InChI is InChI=1S/C29H17N/c1-2-5-23-18(4-1)7-8-19-9-11-21-17-26-22(16-25(21)28(19)23)12-10-20-13-14-27-24(29(20)26)6-3-15-30-27/h1-17H. The largest absolute Gasteiger partial charge is 0.256 e. The summed E-state index contributed by atoms with van der Waals surface area (Å²) in [6.45, 7) is 0. The van der Waals surface area contributed by atoms with E-state index in [1.54, 1.807) is 0 Å². The zero-order valence-electron chi connectivity index (χ0n) is 16.3. The van der Waals surface area contributed by atoms with Gasteiger partial charge in [0.25, 0.3) is 0 Å². The number of hydrogen-bond acceptors (Lipinski definition) is 1. The molecule has 1 heterocycles. The summed E-state index contributed by atoms with van der Waals surface area (Å²) >= 11 is 0. The number of pyridine rings is 1. The van der Waals surface area contributed by atoms with Crippen molar-refractivity contribution in [3.8, 4) is 0 Å². The van der Waals surface area contributed by atoms with Crippen LogP contribution in [0.4, 0.5) is 0 Å². The summed E-state index contributed by atoms with van der Waals surface area (Å²) in [7, 11) is 0. The topological polar surface area (TPSA) is 12.9 Å². The lowest BCUT2D eigenvalue weighted by atomic mass is 9.92. The van der Waals surface area contributed by atoms with Crippen molar-refractivity contribution in [1.82, 2.24) is 4.98 Å². The molecule has 1 aromatic heterocycles. The van der Waals surface area contributed by atoms with Gasteiger partial charge in [-0.3, -0.25) is 4.98 Å². The molecule has 30 heavy (non-hydrogen) atoms. The Labute approximate surface area is 173 Å². The second kappa shape index (κ2) is 5.77. The molecular formula is C29H17N. The Morgan fingerprint density at radius 2 is 0.967 bits per heavy atom. The Hall–Kier alpha value is -3.97. The normalized spacial score (nSPS) is 12.0. The zero-order chi connectivity index (χ0) is 19.7. The minimum Gasteiger partial charge on any atom is -0.256 e. The first-order valence-corrected chi connectivity index (χ1v) is 10.3. The van der Waals surface area contributed by atoms with Crippen molar-refractivity contribution in [1.29, 1.82) is 0 Å².